The van der Waals surface area contributed by atoms with Gasteiger partial charge in [-0.15, -0.1) is 0 Å². The highest BCUT2D eigenvalue weighted by Gasteiger charge is 2.16. The highest BCUT2D eigenvalue weighted by atomic mass is 79.9. The summed E-state index contributed by atoms with van der Waals surface area (Å²) in [6, 6.07) is 5.98. The fourth-order valence-electron chi connectivity index (χ4n) is 2.64. The molecule has 1 heterocycles. The first kappa shape index (κ1) is 15.7. The average molecular weight is 356 g/mol. The molecule has 0 amide bonds. The Kier molecular flexibility index (Phi) is 5.81. The second-order valence-electron chi connectivity index (χ2n) is 5.52. The van der Waals surface area contributed by atoms with E-state index in [0.29, 0.717) is 4.99 Å². The van der Waals surface area contributed by atoms with Crippen LogP contribution < -0.4 is 11.1 Å². The number of hydrogen-bond donors (Lipinski definition) is 2. The molecule has 0 atom stereocenters. The topological polar surface area (TPSA) is 41.3 Å². The van der Waals surface area contributed by atoms with Crippen molar-refractivity contribution in [3.05, 3.63) is 28.2 Å². The van der Waals surface area contributed by atoms with Crippen LogP contribution in [0.5, 0.6) is 0 Å². The van der Waals surface area contributed by atoms with Gasteiger partial charge in [0.05, 0.1) is 0 Å². The summed E-state index contributed by atoms with van der Waals surface area (Å²) in [6.45, 7) is 3.42. The molecule has 0 bridgehead atoms. The zero-order chi connectivity index (χ0) is 14.5. The Morgan fingerprint density at radius 3 is 2.80 bits per heavy atom. The third-order valence-electron chi connectivity index (χ3n) is 3.95. The molecule has 0 saturated carbocycles. The highest BCUT2D eigenvalue weighted by molar-refractivity contribution is 9.10. The summed E-state index contributed by atoms with van der Waals surface area (Å²) in [7, 11) is 2.20. The van der Waals surface area contributed by atoms with E-state index >= 15 is 0 Å². The van der Waals surface area contributed by atoms with E-state index in [1.165, 1.54) is 32.4 Å². The van der Waals surface area contributed by atoms with Crippen molar-refractivity contribution in [2.45, 2.75) is 19.3 Å². The summed E-state index contributed by atoms with van der Waals surface area (Å²) in [5.41, 5.74) is 7.72. The van der Waals surface area contributed by atoms with Gasteiger partial charge in [-0.05, 0) is 63.5 Å². The van der Waals surface area contributed by atoms with Gasteiger partial charge in [0.1, 0.15) is 4.99 Å². The first-order valence-corrected chi connectivity index (χ1v) is 8.28. The molecule has 110 valence electrons. The predicted octanol–water partition coefficient (Wildman–Crippen LogP) is 3.23. The maximum absolute atomic E-state index is 5.77. The van der Waals surface area contributed by atoms with Gasteiger partial charge in [0.25, 0.3) is 0 Å². The standard InChI is InChI=1S/C15H22BrN3S/c1-19-8-5-11(6-9-19)4-7-18-14-10-12(16)2-3-13(14)15(17)20/h2-3,10-11,18H,4-9H2,1H3,(H2,17,20). The molecule has 5 heteroatoms. The Morgan fingerprint density at radius 2 is 2.15 bits per heavy atom. The van der Waals surface area contributed by atoms with Crippen LogP contribution in [0.4, 0.5) is 5.69 Å². The second-order valence-corrected chi connectivity index (χ2v) is 6.87. The van der Waals surface area contributed by atoms with Crippen molar-refractivity contribution in [3.63, 3.8) is 0 Å². The Balaban J connectivity index is 1.87. The first-order chi connectivity index (χ1) is 9.56. The lowest BCUT2D eigenvalue weighted by molar-refractivity contribution is 0.215. The molecule has 20 heavy (non-hydrogen) atoms. The zero-order valence-corrected chi connectivity index (χ0v) is 14.3. The molecule has 0 aliphatic carbocycles. The molecule has 1 fully saturated rings. The molecule has 0 unspecified atom stereocenters. The van der Waals surface area contributed by atoms with Crippen LogP contribution in [0.25, 0.3) is 0 Å². The monoisotopic (exact) mass is 355 g/mol. The number of anilines is 1. The summed E-state index contributed by atoms with van der Waals surface area (Å²) in [6.07, 6.45) is 3.81. The number of thiocarbonyl (C=S) groups is 1. The van der Waals surface area contributed by atoms with Gasteiger partial charge in [0.15, 0.2) is 0 Å². The lowest BCUT2D eigenvalue weighted by Crippen LogP contribution is -2.30. The van der Waals surface area contributed by atoms with E-state index in [1.807, 2.05) is 18.2 Å². The maximum Gasteiger partial charge on any atom is 0.106 e. The smallest absolute Gasteiger partial charge is 0.106 e. The van der Waals surface area contributed by atoms with Crippen LogP contribution in [-0.4, -0.2) is 36.6 Å². The molecule has 1 aliphatic heterocycles. The van der Waals surface area contributed by atoms with E-state index in [9.17, 15) is 0 Å². The Labute approximate surface area is 135 Å². The largest absolute Gasteiger partial charge is 0.389 e. The highest BCUT2D eigenvalue weighted by Crippen LogP contribution is 2.23. The number of halogens is 1. The molecule has 1 saturated heterocycles. The molecule has 1 aromatic carbocycles. The molecular formula is C15H22BrN3S. The summed E-state index contributed by atoms with van der Waals surface area (Å²) >= 11 is 8.59. The van der Waals surface area contributed by atoms with E-state index < -0.39 is 0 Å². The van der Waals surface area contributed by atoms with Crippen LogP contribution in [0, 0.1) is 5.92 Å². The fraction of sp³-hybridized carbons (Fsp3) is 0.533. The maximum atomic E-state index is 5.77. The van der Waals surface area contributed by atoms with Crippen molar-refractivity contribution in [2.24, 2.45) is 11.7 Å². The second kappa shape index (κ2) is 7.38. The quantitative estimate of drug-likeness (QED) is 0.795. The molecule has 1 aliphatic rings. The van der Waals surface area contributed by atoms with Crippen LogP contribution in [0.3, 0.4) is 0 Å². The Morgan fingerprint density at radius 1 is 1.45 bits per heavy atom. The SMILES string of the molecule is CN1CCC(CCNc2cc(Br)ccc2C(N)=S)CC1. The molecule has 1 aromatic rings. The molecule has 0 radical (unpaired) electrons. The molecule has 0 spiro atoms. The van der Waals surface area contributed by atoms with Crippen LogP contribution in [0.15, 0.2) is 22.7 Å². The molecular weight excluding hydrogens is 334 g/mol. The van der Waals surface area contributed by atoms with Crippen molar-refractivity contribution in [2.75, 3.05) is 32.0 Å². The summed E-state index contributed by atoms with van der Waals surface area (Å²) < 4.78 is 1.04. The third-order valence-corrected chi connectivity index (χ3v) is 4.67. The first-order valence-electron chi connectivity index (χ1n) is 7.08. The van der Waals surface area contributed by atoms with Gasteiger partial charge in [0.2, 0.25) is 0 Å². The number of nitrogens with one attached hydrogen (secondary N) is 1. The van der Waals surface area contributed by atoms with Crippen LogP contribution in [0.1, 0.15) is 24.8 Å². The molecule has 2 rings (SSSR count). The van der Waals surface area contributed by atoms with Crippen LogP contribution in [-0.2, 0) is 0 Å². The van der Waals surface area contributed by atoms with Crippen molar-refractivity contribution < 1.29 is 0 Å². The van der Waals surface area contributed by atoms with Crippen molar-refractivity contribution in [3.8, 4) is 0 Å². The molecule has 3 N–H and O–H groups in total. The van der Waals surface area contributed by atoms with Gasteiger partial charge < -0.3 is 16.0 Å². The van der Waals surface area contributed by atoms with E-state index in [0.717, 1.165) is 28.2 Å². The van der Waals surface area contributed by atoms with Gasteiger partial charge in [-0.25, -0.2) is 0 Å². The van der Waals surface area contributed by atoms with E-state index in [1.54, 1.807) is 0 Å². The fourth-order valence-corrected chi connectivity index (χ4v) is 3.18. The lowest BCUT2D eigenvalue weighted by Gasteiger charge is -2.29. The molecule has 3 nitrogen and oxygen atoms in total. The number of benzene rings is 1. The minimum atomic E-state index is 0.444. The van der Waals surface area contributed by atoms with E-state index in [4.69, 9.17) is 18.0 Å². The van der Waals surface area contributed by atoms with Crippen LogP contribution in [0.2, 0.25) is 0 Å². The van der Waals surface area contributed by atoms with Crippen molar-refractivity contribution >= 4 is 38.8 Å². The van der Waals surface area contributed by atoms with Crippen LogP contribution >= 0.6 is 28.1 Å². The molecule has 0 aromatic heterocycles. The Bertz CT molecular complexity index is 470. The number of rotatable bonds is 5. The van der Waals surface area contributed by atoms with Crippen molar-refractivity contribution in [1.29, 1.82) is 0 Å². The number of nitrogens with two attached hydrogens (primary N) is 1. The van der Waals surface area contributed by atoms with Gasteiger partial charge in [-0.3, -0.25) is 0 Å². The summed E-state index contributed by atoms with van der Waals surface area (Å²) in [4.78, 5) is 2.85. The number of likely N-dealkylation sites (tertiary alicyclic amines) is 1. The average Bonchev–Trinajstić information content (AvgIpc) is 2.41. The predicted molar refractivity (Wildman–Crippen MR) is 93.4 cm³/mol. The minimum Gasteiger partial charge on any atom is -0.389 e. The number of nitrogens with zero attached hydrogens (tertiary/aromatic N) is 1. The normalized spacial score (nSPS) is 17.1. The van der Waals surface area contributed by atoms with E-state index in [2.05, 4.69) is 33.2 Å². The Hall–Kier alpha value is -0.650. The van der Waals surface area contributed by atoms with Gasteiger partial charge in [0, 0.05) is 22.3 Å². The summed E-state index contributed by atoms with van der Waals surface area (Å²) in [5.74, 6) is 0.833. The van der Waals surface area contributed by atoms with Gasteiger partial charge in [-0.1, -0.05) is 28.1 Å². The van der Waals surface area contributed by atoms with E-state index in [-0.39, 0.29) is 0 Å². The van der Waals surface area contributed by atoms with Crippen molar-refractivity contribution in [1.82, 2.24) is 4.90 Å². The summed E-state index contributed by atoms with van der Waals surface area (Å²) in [5, 5.41) is 3.48. The number of piperidine rings is 1. The lowest BCUT2D eigenvalue weighted by atomic mass is 9.94. The van der Waals surface area contributed by atoms with Gasteiger partial charge >= 0.3 is 0 Å². The zero-order valence-electron chi connectivity index (χ0n) is 11.9. The minimum absolute atomic E-state index is 0.444. The third kappa shape index (κ3) is 4.43. The van der Waals surface area contributed by atoms with Gasteiger partial charge in [-0.2, -0.15) is 0 Å². The number of hydrogen-bond acceptors (Lipinski definition) is 3.